The molecule has 1 aromatic rings. The molecule has 1 aliphatic heterocycles. The van der Waals surface area contributed by atoms with Crippen molar-refractivity contribution in [3.63, 3.8) is 0 Å². The Morgan fingerprint density at radius 1 is 1.40 bits per heavy atom. The fraction of sp³-hybridized carbons (Fsp3) is 0.600. The molecule has 1 N–H and O–H groups in total. The lowest BCUT2D eigenvalue weighted by atomic mass is 9.94. The molecule has 1 saturated carbocycles. The number of hydrogen-bond acceptors (Lipinski definition) is 3. The number of likely N-dealkylation sites (tertiary alicyclic amines) is 1. The van der Waals surface area contributed by atoms with Crippen LogP contribution in [0.15, 0.2) is 12.1 Å². The number of thiophene rings is 1. The number of carbonyl (C=O) groups is 2. The molecule has 1 amide bonds. The molecule has 0 bridgehead atoms. The van der Waals surface area contributed by atoms with Gasteiger partial charge < -0.3 is 10.0 Å². The van der Waals surface area contributed by atoms with Gasteiger partial charge in [-0.05, 0) is 43.7 Å². The fourth-order valence-corrected chi connectivity index (χ4v) is 4.59. The Labute approximate surface area is 122 Å². The average molecular weight is 293 g/mol. The second-order valence-electron chi connectivity index (χ2n) is 5.87. The predicted octanol–water partition coefficient (Wildman–Crippen LogP) is 2.31. The smallest absolute Gasteiger partial charge is 0.326 e. The molecule has 1 saturated heterocycles. The van der Waals surface area contributed by atoms with Crippen LogP contribution in [0.5, 0.6) is 0 Å². The first kappa shape index (κ1) is 13.6. The molecule has 20 heavy (non-hydrogen) atoms. The first-order valence-electron chi connectivity index (χ1n) is 7.14. The lowest BCUT2D eigenvalue weighted by molar-refractivity contribution is -0.149. The summed E-state index contributed by atoms with van der Waals surface area (Å²) < 4.78 is 0. The molecule has 1 aromatic heterocycles. The summed E-state index contributed by atoms with van der Waals surface area (Å²) >= 11 is 1.61. The number of fused-ring (bicyclic) bond motifs is 1. The maximum atomic E-state index is 12.4. The number of aryl methyl sites for hydroxylation is 1. The van der Waals surface area contributed by atoms with Gasteiger partial charge in [0.15, 0.2) is 0 Å². The van der Waals surface area contributed by atoms with Crippen molar-refractivity contribution < 1.29 is 14.7 Å². The van der Waals surface area contributed by atoms with E-state index in [2.05, 4.69) is 0 Å². The van der Waals surface area contributed by atoms with E-state index in [0.717, 1.165) is 24.1 Å². The van der Waals surface area contributed by atoms with Gasteiger partial charge in [0, 0.05) is 16.3 Å². The number of amides is 1. The highest BCUT2D eigenvalue weighted by atomic mass is 32.1. The summed E-state index contributed by atoms with van der Waals surface area (Å²) in [5.41, 5.74) is 0. The summed E-state index contributed by atoms with van der Waals surface area (Å²) in [6.07, 6.45) is 3.45. The van der Waals surface area contributed by atoms with Crippen LogP contribution in [-0.4, -0.2) is 34.5 Å². The first-order valence-corrected chi connectivity index (χ1v) is 7.95. The lowest BCUT2D eigenvalue weighted by Gasteiger charge is -2.24. The second kappa shape index (κ2) is 5.20. The summed E-state index contributed by atoms with van der Waals surface area (Å²) in [7, 11) is 0. The van der Waals surface area contributed by atoms with Crippen molar-refractivity contribution in [1.82, 2.24) is 4.90 Å². The third-order valence-corrected chi connectivity index (χ3v) is 5.59. The zero-order chi connectivity index (χ0) is 14.3. The minimum Gasteiger partial charge on any atom is -0.480 e. The molecule has 2 heterocycles. The average Bonchev–Trinajstić information content (AvgIpc) is 3.02. The summed E-state index contributed by atoms with van der Waals surface area (Å²) in [5, 5.41) is 9.46. The van der Waals surface area contributed by atoms with Crippen molar-refractivity contribution in [2.75, 3.05) is 6.54 Å². The molecule has 0 radical (unpaired) electrons. The van der Waals surface area contributed by atoms with Crippen molar-refractivity contribution in [3.8, 4) is 0 Å². The van der Waals surface area contributed by atoms with Crippen LogP contribution in [0.1, 0.15) is 29.0 Å². The fourth-order valence-electron chi connectivity index (χ4n) is 3.71. The van der Waals surface area contributed by atoms with Crippen molar-refractivity contribution in [2.45, 2.75) is 38.6 Å². The molecule has 3 atom stereocenters. The van der Waals surface area contributed by atoms with E-state index in [0.29, 0.717) is 18.9 Å². The number of rotatable bonds is 3. The van der Waals surface area contributed by atoms with Crippen LogP contribution < -0.4 is 0 Å². The van der Waals surface area contributed by atoms with E-state index in [4.69, 9.17) is 0 Å². The van der Waals surface area contributed by atoms with E-state index in [-0.39, 0.29) is 11.8 Å². The van der Waals surface area contributed by atoms with E-state index in [1.807, 2.05) is 19.1 Å². The largest absolute Gasteiger partial charge is 0.480 e. The van der Waals surface area contributed by atoms with E-state index in [1.165, 1.54) is 4.88 Å². The zero-order valence-corrected chi connectivity index (χ0v) is 12.4. The normalized spacial score (nSPS) is 28.6. The Morgan fingerprint density at radius 2 is 2.20 bits per heavy atom. The van der Waals surface area contributed by atoms with Gasteiger partial charge in [0.1, 0.15) is 6.04 Å². The van der Waals surface area contributed by atoms with E-state index >= 15 is 0 Å². The van der Waals surface area contributed by atoms with E-state index in [9.17, 15) is 14.7 Å². The van der Waals surface area contributed by atoms with Crippen molar-refractivity contribution in [3.05, 3.63) is 21.9 Å². The Balaban J connectivity index is 1.75. The van der Waals surface area contributed by atoms with Gasteiger partial charge in [0.05, 0.1) is 6.42 Å². The quantitative estimate of drug-likeness (QED) is 0.930. The number of carbonyl (C=O) groups excluding carboxylic acids is 1. The predicted molar refractivity (Wildman–Crippen MR) is 76.7 cm³/mol. The SMILES string of the molecule is Cc1ccc(CC(=O)N2C[C@@H]3CCC[C@H]3[C@@H]2C(=O)O)s1. The number of nitrogens with zero attached hydrogens (tertiary/aromatic N) is 1. The van der Waals surface area contributed by atoms with Gasteiger partial charge in [-0.3, -0.25) is 4.79 Å². The third kappa shape index (κ3) is 2.35. The van der Waals surface area contributed by atoms with Crippen LogP contribution in [0.2, 0.25) is 0 Å². The van der Waals surface area contributed by atoms with Gasteiger partial charge in [-0.2, -0.15) is 0 Å². The van der Waals surface area contributed by atoms with Crippen molar-refractivity contribution in [2.24, 2.45) is 11.8 Å². The van der Waals surface area contributed by atoms with Crippen LogP contribution in [0.4, 0.5) is 0 Å². The Bertz CT molecular complexity index is 539. The molecule has 1 aliphatic carbocycles. The third-order valence-electron chi connectivity index (χ3n) is 4.59. The Kier molecular flexibility index (Phi) is 3.54. The number of hydrogen-bond donors (Lipinski definition) is 1. The molecular formula is C15H19NO3S. The topological polar surface area (TPSA) is 57.6 Å². The molecule has 2 aliphatic rings. The molecule has 0 spiro atoms. The number of carboxylic acid groups (broad SMARTS) is 1. The summed E-state index contributed by atoms with van der Waals surface area (Å²) in [4.78, 5) is 27.8. The highest BCUT2D eigenvalue weighted by Gasteiger charge is 2.49. The van der Waals surface area contributed by atoms with Gasteiger partial charge in [-0.25, -0.2) is 4.79 Å². The monoisotopic (exact) mass is 293 g/mol. The summed E-state index contributed by atoms with van der Waals surface area (Å²) in [5.74, 6) is -0.310. The minimum atomic E-state index is -0.838. The van der Waals surface area contributed by atoms with E-state index in [1.54, 1.807) is 16.2 Å². The van der Waals surface area contributed by atoms with Crippen LogP contribution in [-0.2, 0) is 16.0 Å². The van der Waals surface area contributed by atoms with Gasteiger partial charge in [-0.15, -0.1) is 11.3 Å². The van der Waals surface area contributed by atoms with Gasteiger partial charge in [-0.1, -0.05) is 6.42 Å². The van der Waals surface area contributed by atoms with Crippen LogP contribution >= 0.6 is 11.3 Å². The molecule has 3 rings (SSSR count). The number of carboxylic acids is 1. The van der Waals surface area contributed by atoms with Crippen LogP contribution in [0.25, 0.3) is 0 Å². The highest BCUT2D eigenvalue weighted by Crippen LogP contribution is 2.42. The van der Waals surface area contributed by atoms with Crippen LogP contribution in [0, 0.1) is 18.8 Å². The zero-order valence-electron chi connectivity index (χ0n) is 11.5. The minimum absolute atomic E-state index is 0.0337. The maximum Gasteiger partial charge on any atom is 0.326 e. The van der Waals surface area contributed by atoms with Crippen molar-refractivity contribution >= 4 is 23.2 Å². The summed E-state index contributed by atoms with van der Waals surface area (Å²) in [6, 6.07) is 3.36. The molecule has 0 aromatic carbocycles. The van der Waals surface area contributed by atoms with Gasteiger partial charge in [0.2, 0.25) is 5.91 Å². The van der Waals surface area contributed by atoms with Gasteiger partial charge in [0.25, 0.3) is 0 Å². The summed E-state index contributed by atoms with van der Waals surface area (Å²) in [6.45, 7) is 2.64. The lowest BCUT2D eigenvalue weighted by Crippen LogP contribution is -2.43. The molecule has 0 unspecified atom stereocenters. The highest BCUT2D eigenvalue weighted by molar-refractivity contribution is 7.12. The number of aliphatic carboxylic acids is 1. The van der Waals surface area contributed by atoms with Crippen LogP contribution in [0.3, 0.4) is 0 Å². The van der Waals surface area contributed by atoms with E-state index < -0.39 is 12.0 Å². The van der Waals surface area contributed by atoms with Gasteiger partial charge >= 0.3 is 5.97 Å². The maximum absolute atomic E-state index is 12.4. The van der Waals surface area contributed by atoms with Crippen molar-refractivity contribution in [1.29, 1.82) is 0 Å². The molecule has 2 fully saturated rings. The Hall–Kier alpha value is -1.36. The molecule has 108 valence electrons. The molecule has 5 heteroatoms. The second-order valence-corrected chi connectivity index (χ2v) is 7.25. The molecular weight excluding hydrogens is 274 g/mol. The Morgan fingerprint density at radius 3 is 2.85 bits per heavy atom. The molecule has 4 nitrogen and oxygen atoms in total. The standard InChI is InChI=1S/C15H19NO3S/c1-9-5-6-11(20-9)7-13(17)16-8-10-3-2-4-12(10)14(16)15(18)19/h5-6,10,12,14H,2-4,7-8H2,1H3,(H,18,19)/t10-,12+,14+/m0/s1. The first-order chi connectivity index (χ1) is 9.56.